The maximum atomic E-state index is 12.9. The molecule has 1 aromatic carbocycles. The number of sulfone groups is 1. The van der Waals surface area contributed by atoms with Crippen LogP contribution in [0.4, 0.5) is 13.2 Å². The van der Waals surface area contributed by atoms with Gasteiger partial charge in [0.05, 0.1) is 30.2 Å². The molecule has 0 aromatic heterocycles. The molecule has 1 saturated heterocycles. The summed E-state index contributed by atoms with van der Waals surface area (Å²) in [5, 5.41) is 0. The van der Waals surface area contributed by atoms with Crippen LogP contribution in [0, 0.1) is 0 Å². The number of ether oxygens (including phenoxy) is 1. The second kappa shape index (κ2) is 6.98. The fourth-order valence-electron chi connectivity index (χ4n) is 2.19. The highest BCUT2D eigenvalue weighted by Crippen LogP contribution is 2.32. The molecule has 1 aliphatic heterocycles. The Kier molecular flexibility index (Phi) is 5.38. The molecule has 6 nitrogen and oxygen atoms in total. The van der Waals surface area contributed by atoms with Gasteiger partial charge in [0.25, 0.3) is 0 Å². The normalized spacial score (nSPS) is 17.2. The summed E-state index contributed by atoms with van der Waals surface area (Å²) in [4.78, 5) is 5.43. The molecular weight excluding hydrogens is 347 g/mol. The van der Waals surface area contributed by atoms with Crippen LogP contribution in [-0.2, 0) is 27.3 Å². The zero-order valence-corrected chi connectivity index (χ0v) is 13.8. The van der Waals surface area contributed by atoms with Crippen LogP contribution in [0.15, 0.2) is 28.1 Å². The second-order valence-corrected chi connectivity index (χ2v) is 7.43. The van der Waals surface area contributed by atoms with Crippen LogP contribution in [0.5, 0.6) is 0 Å². The summed E-state index contributed by atoms with van der Waals surface area (Å²) >= 11 is 0. The number of benzene rings is 1. The van der Waals surface area contributed by atoms with E-state index in [2.05, 4.69) is 4.99 Å². The van der Waals surface area contributed by atoms with Gasteiger partial charge in [-0.25, -0.2) is 13.4 Å². The maximum absolute atomic E-state index is 12.9. The third kappa shape index (κ3) is 4.84. The van der Waals surface area contributed by atoms with Crippen molar-refractivity contribution >= 4 is 15.8 Å². The molecule has 2 rings (SSSR count). The van der Waals surface area contributed by atoms with Crippen molar-refractivity contribution in [1.82, 2.24) is 4.90 Å². The SMILES string of the molecule is CS(=O)(=O)c1cc(CN=C(N)N2CCOCC2)cc(C(F)(F)F)c1. The van der Waals surface area contributed by atoms with Gasteiger partial charge in [0.2, 0.25) is 0 Å². The first-order valence-electron chi connectivity index (χ1n) is 7.11. The summed E-state index contributed by atoms with van der Waals surface area (Å²) in [6.45, 7) is 1.95. The monoisotopic (exact) mass is 365 g/mol. The lowest BCUT2D eigenvalue weighted by atomic mass is 10.1. The van der Waals surface area contributed by atoms with Gasteiger partial charge in [-0.2, -0.15) is 13.2 Å². The Balaban J connectivity index is 2.28. The third-order valence-corrected chi connectivity index (χ3v) is 4.57. The summed E-state index contributed by atoms with van der Waals surface area (Å²) in [5.74, 6) is 0.191. The van der Waals surface area contributed by atoms with Crippen LogP contribution in [0.3, 0.4) is 0 Å². The minimum absolute atomic E-state index is 0.126. The predicted molar refractivity (Wildman–Crippen MR) is 82.3 cm³/mol. The minimum atomic E-state index is -4.64. The van der Waals surface area contributed by atoms with Crippen LogP contribution >= 0.6 is 0 Å². The molecule has 134 valence electrons. The zero-order chi connectivity index (χ0) is 18.0. The molecule has 10 heteroatoms. The Morgan fingerprint density at radius 2 is 1.92 bits per heavy atom. The van der Waals surface area contributed by atoms with E-state index in [-0.39, 0.29) is 18.1 Å². The molecule has 0 amide bonds. The summed E-state index contributed by atoms with van der Waals surface area (Å²) < 4.78 is 67.2. The van der Waals surface area contributed by atoms with Gasteiger partial charge in [0.1, 0.15) is 0 Å². The Bertz CT molecular complexity index is 727. The smallest absolute Gasteiger partial charge is 0.378 e. The standard InChI is InChI=1S/C14H18F3N3O3S/c1-24(21,22)12-7-10(6-11(8-12)14(15,16)17)9-19-13(18)20-2-4-23-5-3-20/h6-8H,2-5,9H2,1H3,(H2,18,19). The Morgan fingerprint density at radius 1 is 1.29 bits per heavy atom. The lowest BCUT2D eigenvalue weighted by Crippen LogP contribution is -2.44. The van der Waals surface area contributed by atoms with Gasteiger partial charge in [-0.3, -0.25) is 0 Å². The van der Waals surface area contributed by atoms with E-state index in [1.54, 1.807) is 4.90 Å². The first-order valence-corrected chi connectivity index (χ1v) is 9.00. The average molecular weight is 365 g/mol. The van der Waals surface area contributed by atoms with Crippen molar-refractivity contribution in [2.75, 3.05) is 32.6 Å². The van der Waals surface area contributed by atoms with Crippen molar-refractivity contribution in [2.45, 2.75) is 17.6 Å². The Morgan fingerprint density at radius 3 is 2.46 bits per heavy atom. The van der Waals surface area contributed by atoms with Crippen molar-refractivity contribution < 1.29 is 26.3 Å². The van der Waals surface area contributed by atoms with E-state index in [4.69, 9.17) is 10.5 Å². The molecule has 24 heavy (non-hydrogen) atoms. The molecule has 0 aliphatic carbocycles. The summed E-state index contributed by atoms with van der Waals surface area (Å²) in [7, 11) is -3.77. The summed E-state index contributed by atoms with van der Waals surface area (Å²) in [5.41, 5.74) is 4.92. The number of nitrogens with zero attached hydrogens (tertiary/aromatic N) is 2. The molecular formula is C14H18F3N3O3S. The molecule has 2 N–H and O–H groups in total. The highest BCUT2D eigenvalue weighted by molar-refractivity contribution is 7.90. The number of aliphatic imine (C=N–C) groups is 1. The van der Waals surface area contributed by atoms with Gasteiger partial charge >= 0.3 is 6.18 Å². The molecule has 1 aromatic rings. The lowest BCUT2D eigenvalue weighted by Gasteiger charge is -2.27. The zero-order valence-electron chi connectivity index (χ0n) is 13.0. The largest absolute Gasteiger partial charge is 0.416 e. The lowest BCUT2D eigenvalue weighted by molar-refractivity contribution is -0.137. The number of guanidine groups is 1. The van der Waals surface area contributed by atoms with Crippen LogP contribution in [-0.4, -0.2) is 51.8 Å². The van der Waals surface area contributed by atoms with Crippen LogP contribution in [0.1, 0.15) is 11.1 Å². The molecule has 0 atom stereocenters. The first-order chi connectivity index (χ1) is 11.1. The molecule has 0 bridgehead atoms. The third-order valence-electron chi connectivity index (χ3n) is 3.48. The quantitative estimate of drug-likeness (QED) is 0.644. The molecule has 0 unspecified atom stereocenters. The van der Waals surface area contributed by atoms with E-state index in [0.717, 1.165) is 12.3 Å². The van der Waals surface area contributed by atoms with Crippen molar-refractivity contribution in [3.8, 4) is 0 Å². The predicted octanol–water partition coefficient (Wildman–Crippen LogP) is 1.26. The van der Waals surface area contributed by atoms with E-state index < -0.39 is 26.5 Å². The van der Waals surface area contributed by atoms with Crippen LogP contribution in [0.25, 0.3) is 0 Å². The van der Waals surface area contributed by atoms with Gasteiger partial charge in [-0.15, -0.1) is 0 Å². The van der Waals surface area contributed by atoms with Crippen molar-refractivity contribution in [2.24, 2.45) is 10.7 Å². The van der Waals surface area contributed by atoms with Gasteiger partial charge in [-0.05, 0) is 23.8 Å². The van der Waals surface area contributed by atoms with Gasteiger partial charge in [0, 0.05) is 19.3 Å². The fraction of sp³-hybridized carbons (Fsp3) is 0.500. The molecule has 0 saturated carbocycles. The van der Waals surface area contributed by atoms with Crippen molar-refractivity contribution in [3.05, 3.63) is 29.3 Å². The van der Waals surface area contributed by atoms with E-state index in [9.17, 15) is 21.6 Å². The molecule has 0 spiro atoms. The van der Waals surface area contributed by atoms with E-state index in [0.29, 0.717) is 32.4 Å². The van der Waals surface area contributed by atoms with Crippen LogP contribution < -0.4 is 5.73 Å². The minimum Gasteiger partial charge on any atom is -0.378 e. The molecule has 1 heterocycles. The number of halogens is 3. The number of rotatable bonds is 3. The Labute approximate surface area is 138 Å². The Hall–Kier alpha value is -1.81. The summed E-state index contributed by atoms with van der Waals surface area (Å²) in [6.07, 6.45) is -3.79. The number of morpholine rings is 1. The number of hydrogen-bond donors (Lipinski definition) is 1. The van der Waals surface area contributed by atoms with Crippen molar-refractivity contribution in [1.29, 1.82) is 0 Å². The average Bonchev–Trinajstić information content (AvgIpc) is 2.51. The van der Waals surface area contributed by atoms with Gasteiger partial charge < -0.3 is 15.4 Å². The molecule has 1 aliphatic rings. The second-order valence-electron chi connectivity index (χ2n) is 5.41. The molecule has 1 fully saturated rings. The highest BCUT2D eigenvalue weighted by atomic mass is 32.2. The number of hydrogen-bond acceptors (Lipinski definition) is 4. The molecule has 0 radical (unpaired) electrons. The number of alkyl halides is 3. The van der Waals surface area contributed by atoms with Crippen LogP contribution in [0.2, 0.25) is 0 Å². The van der Waals surface area contributed by atoms with Crippen molar-refractivity contribution in [3.63, 3.8) is 0 Å². The summed E-state index contributed by atoms with van der Waals surface area (Å²) in [6, 6.07) is 2.68. The van der Waals surface area contributed by atoms with Gasteiger partial charge in [0.15, 0.2) is 15.8 Å². The van der Waals surface area contributed by atoms with E-state index in [1.165, 1.54) is 6.07 Å². The fourth-order valence-corrected chi connectivity index (χ4v) is 2.90. The highest BCUT2D eigenvalue weighted by Gasteiger charge is 2.32. The van der Waals surface area contributed by atoms with E-state index in [1.807, 2.05) is 0 Å². The van der Waals surface area contributed by atoms with E-state index >= 15 is 0 Å². The first kappa shape index (κ1) is 18.5. The number of nitrogens with two attached hydrogens (primary N) is 1. The van der Waals surface area contributed by atoms with Gasteiger partial charge in [-0.1, -0.05) is 0 Å². The topological polar surface area (TPSA) is 85.0 Å². The maximum Gasteiger partial charge on any atom is 0.416 e.